The molecule has 0 aliphatic carbocycles. The van der Waals surface area contributed by atoms with Gasteiger partial charge >= 0.3 is 0 Å². The number of nitrogens with one attached hydrogen (secondary N) is 1. The van der Waals surface area contributed by atoms with Gasteiger partial charge in [-0.15, -0.1) is 0 Å². The Labute approximate surface area is 104 Å². The zero-order valence-electron chi connectivity index (χ0n) is 9.96. The lowest BCUT2D eigenvalue weighted by atomic mass is 10.2. The molecular formula is C14H13N3O. The first-order chi connectivity index (χ1) is 8.74. The highest BCUT2D eigenvalue weighted by Gasteiger charge is 2.06. The SMILES string of the molecule is Cc1cn(Nc2ccncc2)c2ccc(O)cc12. The third kappa shape index (κ3) is 1.78. The second-order valence-electron chi connectivity index (χ2n) is 4.23. The fourth-order valence-corrected chi connectivity index (χ4v) is 2.04. The largest absolute Gasteiger partial charge is 0.508 e. The van der Waals surface area contributed by atoms with Crippen LogP contribution < -0.4 is 5.43 Å². The standard InChI is InChI=1S/C14H13N3O/c1-10-9-17(16-11-4-6-15-7-5-11)14-3-2-12(18)8-13(10)14/h2-9,18H,1H3,(H,15,16). The van der Waals surface area contributed by atoms with Crippen LogP contribution in [0.5, 0.6) is 5.75 Å². The maximum atomic E-state index is 9.52. The van der Waals surface area contributed by atoms with Crippen molar-refractivity contribution in [3.8, 4) is 5.75 Å². The molecule has 2 aromatic heterocycles. The molecule has 0 saturated carbocycles. The first-order valence-electron chi connectivity index (χ1n) is 5.72. The third-order valence-corrected chi connectivity index (χ3v) is 2.92. The summed E-state index contributed by atoms with van der Waals surface area (Å²) < 4.78 is 1.94. The van der Waals surface area contributed by atoms with E-state index in [0.29, 0.717) is 0 Å². The van der Waals surface area contributed by atoms with Gasteiger partial charge in [0, 0.05) is 24.0 Å². The number of phenolic OH excluding ortho intramolecular Hbond substituents is 1. The molecule has 0 aliphatic rings. The monoisotopic (exact) mass is 239 g/mol. The van der Waals surface area contributed by atoms with Gasteiger partial charge < -0.3 is 5.11 Å². The molecule has 3 rings (SSSR count). The van der Waals surface area contributed by atoms with Gasteiger partial charge in [-0.1, -0.05) is 0 Å². The van der Waals surface area contributed by atoms with Crippen LogP contribution in [0.4, 0.5) is 5.69 Å². The molecule has 0 atom stereocenters. The van der Waals surface area contributed by atoms with Crippen molar-refractivity contribution in [2.75, 3.05) is 5.43 Å². The van der Waals surface area contributed by atoms with Crippen molar-refractivity contribution in [1.82, 2.24) is 9.66 Å². The Hall–Kier alpha value is -2.49. The summed E-state index contributed by atoms with van der Waals surface area (Å²) in [6.45, 7) is 2.02. The van der Waals surface area contributed by atoms with E-state index in [1.165, 1.54) is 0 Å². The van der Waals surface area contributed by atoms with Crippen LogP contribution in [0.2, 0.25) is 0 Å². The summed E-state index contributed by atoms with van der Waals surface area (Å²) in [6.07, 6.45) is 5.49. The lowest BCUT2D eigenvalue weighted by Gasteiger charge is -2.08. The molecular weight excluding hydrogens is 226 g/mol. The molecule has 0 saturated heterocycles. The highest BCUT2D eigenvalue weighted by atomic mass is 16.3. The number of aryl methyl sites for hydroxylation is 1. The molecule has 4 nitrogen and oxygen atoms in total. The van der Waals surface area contributed by atoms with Gasteiger partial charge in [0.25, 0.3) is 0 Å². The van der Waals surface area contributed by atoms with E-state index in [4.69, 9.17) is 0 Å². The van der Waals surface area contributed by atoms with E-state index < -0.39 is 0 Å². The number of fused-ring (bicyclic) bond motifs is 1. The minimum absolute atomic E-state index is 0.285. The van der Waals surface area contributed by atoms with Gasteiger partial charge in [0.15, 0.2) is 0 Å². The Morgan fingerprint density at radius 2 is 1.94 bits per heavy atom. The number of benzene rings is 1. The van der Waals surface area contributed by atoms with E-state index in [1.807, 2.05) is 36.0 Å². The summed E-state index contributed by atoms with van der Waals surface area (Å²) in [7, 11) is 0. The van der Waals surface area contributed by atoms with Crippen LogP contribution in [-0.2, 0) is 0 Å². The Kier molecular flexibility index (Phi) is 2.41. The van der Waals surface area contributed by atoms with Crippen LogP contribution in [-0.4, -0.2) is 14.8 Å². The first-order valence-corrected chi connectivity index (χ1v) is 5.72. The van der Waals surface area contributed by atoms with Gasteiger partial charge in [0.05, 0.1) is 11.2 Å². The molecule has 0 radical (unpaired) electrons. The van der Waals surface area contributed by atoms with Crippen molar-refractivity contribution in [3.05, 3.63) is 54.5 Å². The van der Waals surface area contributed by atoms with E-state index in [2.05, 4.69) is 10.4 Å². The van der Waals surface area contributed by atoms with E-state index >= 15 is 0 Å². The molecule has 0 unspecified atom stereocenters. The molecule has 3 aromatic rings. The van der Waals surface area contributed by atoms with Crippen LogP contribution in [0.1, 0.15) is 5.56 Å². The number of phenols is 1. The van der Waals surface area contributed by atoms with Gasteiger partial charge in [-0.05, 0) is 42.8 Å². The Morgan fingerprint density at radius 3 is 2.72 bits per heavy atom. The van der Waals surface area contributed by atoms with Crippen LogP contribution in [0.3, 0.4) is 0 Å². The smallest absolute Gasteiger partial charge is 0.116 e. The number of aromatic hydroxyl groups is 1. The maximum absolute atomic E-state index is 9.52. The van der Waals surface area contributed by atoms with Gasteiger partial charge in [-0.25, -0.2) is 0 Å². The molecule has 0 spiro atoms. The average molecular weight is 239 g/mol. The third-order valence-electron chi connectivity index (χ3n) is 2.92. The van der Waals surface area contributed by atoms with Crippen molar-refractivity contribution in [2.45, 2.75) is 6.92 Å². The minimum Gasteiger partial charge on any atom is -0.508 e. The molecule has 0 amide bonds. The predicted molar refractivity (Wildman–Crippen MR) is 71.6 cm³/mol. The van der Waals surface area contributed by atoms with E-state index in [-0.39, 0.29) is 5.75 Å². The Bertz CT molecular complexity index is 689. The van der Waals surface area contributed by atoms with Crippen LogP contribution in [0, 0.1) is 6.92 Å². The molecule has 0 bridgehead atoms. The minimum atomic E-state index is 0.285. The average Bonchev–Trinajstić information content (AvgIpc) is 2.67. The number of hydrogen-bond acceptors (Lipinski definition) is 3. The number of pyridine rings is 1. The summed E-state index contributed by atoms with van der Waals surface area (Å²) in [4.78, 5) is 3.98. The molecule has 2 N–H and O–H groups in total. The second-order valence-corrected chi connectivity index (χ2v) is 4.23. The summed E-state index contributed by atoms with van der Waals surface area (Å²) >= 11 is 0. The summed E-state index contributed by atoms with van der Waals surface area (Å²) in [5, 5.41) is 10.6. The molecule has 0 fully saturated rings. The maximum Gasteiger partial charge on any atom is 0.116 e. The zero-order valence-corrected chi connectivity index (χ0v) is 9.96. The predicted octanol–water partition coefficient (Wildman–Crippen LogP) is 2.93. The van der Waals surface area contributed by atoms with Gasteiger partial charge in [-0.3, -0.25) is 15.1 Å². The Morgan fingerprint density at radius 1 is 1.17 bits per heavy atom. The summed E-state index contributed by atoms with van der Waals surface area (Å²) in [5.74, 6) is 0.285. The lowest BCUT2D eigenvalue weighted by Crippen LogP contribution is -2.06. The van der Waals surface area contributed by atoms with Crippen LogP contribution in [0.25, 0.3) is 10.9 Å². The fraction of sp³-hybridized carbons (Fsp3) is 0.0714. The quantitative estimate of drug-likeness (QED) is 0.723. The molecule has 4 heteroatoms. The van der Waals surface area contributed by atoms with Crippen molar-refractivity contribution in [3.63, 3.8) is 0 Å². The lowest BCUT2D eigenvalue weighted by molar-refractivity contribution is 0.476. The molecule has 1 aromatic carbocycles. The fourth-order valence-electron chi connectivity index (χ4n) is 2.04. The highest BCUT2D eigenvalue weighted by Crippen LogP contribution is 2.24. The van der Waals surface area contributed by atoms with Gasteiger partial charge in [0.2, 0.25) is 0 Å². The normalized spacial score (nSPS) is 10.7. The number of rotatable bonds is 2. The van der Waals surface area contributed by atoms with E-state index in [0.717, 1.165) is 22.2 Å². The molecule has 2 heterocycles. The molecule has 0 aliphatic heterocycles. The number of hydrogen-bond donors (Lipinski definition) is 2. The highest BCUT2D eigenvalue weighted by molar-refractivity contribution is 5.85. The van der Waals surface area contributed by atoms with Gasteiger partial charge in [-0.2, -0.15) is 0 Å². The van der Waals surface area contributed by atoms with E-state index in [9.17, 15) is 5.11 Å². The second kappa shape index (κ2) is 4.07. The number of anilines is 1. The molecule has 90 valence electrons. The topological polar surface area (TPSA) is 50.1 Å². The van der Waals surface area contributed by atoms with Crippen molar-refractivity contribution in [2.24, 2.45) is 0 Å². The zero-order chi connectivity index (χ0) is 12.5. The van der Waals surface area contributed by atoms with Gasteiger partial charge in [0.1, 0.15) is 5.75 Å². The van der Waals surface area contributed by atoms with Crippen molar-refractivity contribution >= 4 is 16.6 Å². The number of aromatic nitrogens is 2. The van der Waals surface area contributed by atoms with Crippen molar-refractivity contribution < 1.29 is 5.11 Å². The molecule has 18 heavy (non-hydrogen) atoms. The van der Waals surface area contributed by atoms with Crippen LogP contribution >= 0.6 is 0 Å². The van der Waals surface area contributed by atoms with E-state index in [1.54, 1.807) is 24.5 Å². The summed E-state index contributed by atoms with van der Waals surface area (Å²) in [5.41, 5.74) is 6.39. The number of nitrogens with zero attached hydrogens (tertiary/aromatic N) is 2. The van der Waals surface area contributed by atoms with Crippen molar-refractivity contribution in [1.29, 1.82) is 0 Å². The summed E-state index contributed by atoms with van der Waals surface area (Å²) in [6, 6.07) is 9.16. The first kappa shape index (κ1) is 10.7. The Balaban J connectivity index is 2.08. The van der Waals surface area contributed by atoms with Crippen LogP contribution in [0.15, 0.2) is 48.9 Å².